The van der Waals surface area contributed by atoms with Crippen LogP contribution in [0.15, 0.2) is 18.2 Å². The van der Waals surface area contributed by atoms with Gasteiger partial charge in [-0.25, -0.2) is 0 Å². The molecule has 0 radical (unpaired) electrons. The largest absolute Gasteiger partial charge is 0.487 e. The number of hydrogen-bond donors (Lipinski definition) is 1. The van der Waals surface area contributed by atoms with E-state index in [1.807, 2.05) is 26.0 Å². The van der Waals surface area contributed by atoms with Crippen molar-refractivity contribution in [1.29, 1.82) is 0 Å². The van der Waals surface area contributed by atoms with Gasteiger partial charge in [-0.05, 0) is 45.4 Å². The van der Waals surface area contributed by atoms with E-state index < -0.39 is 5.54 Å². The second-order valence-electron chi connectivity index (χ2n) is 5.83. The fourth-order valence-electron chi connectivity index (χ4n) is 1.90. The molecule has 0 fully saturated rings. The van der Waals surface area contributed by atoms with E-state index in [1.54, 1.807) is 0 Å². The van der Waals surface area contributed by atoms with Gasteiger partial charge in [0.1, 0.15) is 11.4 Å². The average molecular weight is 229 g/mol. The van der Waals surface area contributed by atoms with Crippen molar-refractivity contribution in [3.8, 4) is 17.6 Å². The van der Waals surface area contributed by atoms with Gasteiger partial charge in [-0.3, -0.25) is 0 Å². The molecular weight excluding hydrogens is 210 g/mol. The van der Waals surface area contributed by atoms with Crippen molar-refractivity contribution >= 4 is 0 Å². The summed E-state index contributed by atoms with van der Waals surface area (Å²) >= 11 is 0. The van der Waals surface area contributed by atoms with Crippen LogP contribution in [0.25, 0.3) is 0 Å². The van der Waals surface area contributed by atoms with Crippen molar-refractivity contribution in [2.75, 3.05) is 0 Å². The number of benzene rings is 1. The molecule has 1 aromatic rings. The zero-order valence-electron chi connectivity index (χ0n) is 10.9. The number of rotatable bonds is 0. The molecule has 90 valence electrons. The third kappa shape index (κ3) is 3.01. The van der Waals surface area contributed by atoms with Crippen LogP contribution in [0.1, 0.15) is 38.8 Å². The Morgan fingerprint density at radius 3 is 2.71 bits per heavy atom. The van der Waals surface area contributed by atoms with Crippen molar-refractivity contribution in [3.05, 3.63) is 29.3 Å². The minimum absolute atomic E-state index is 0.0957. The first kappa shape index (κ1) is 12.0. The number of fused-ring (bicyclic) bond motifs is 1. The summed E-state index contributed by atoms with van der Waals surface area (Å²) in [5.41, 5.74) is 7.49. The highest BCUT2D eigenvalue weighted by Gasteiger charge is 2.29. The summed E-state index contributed by atoms with van der Waals surface area (Å²) in [6.45, 7) is 7.99. The van der Waals surface area contributed by atoms with Crippen LogP contribution >= 0.6 is 0 Å². The highest BCUT2D eigenvalue weighted by atomic mass is 16.5. The summed E-state index contributed by atoms with van der Waals surface area (Å²) in [4.78, 5) is 0. The lowest BCUT2D eigenvalue weighted by molar-refractivity contribution is 0.138. The monoisotopic (exact) mass is 229 g/mol. The number of nitrogens with two attached hydrogens (primary N) is 1. The lowest BCUT2D eigenvalue weighted by Gasteiger charge is -2.16. The first-order valence-electron chi connectivity index (χ1n) is 5.89. The molecular formula is C15H19NO. The van der Waals surface area contributed by atoms with Gasteiger partial charge in [-0.1, -0.05) is 17.9 Å². The maximum absolute atomic E-state index is 5.87. The number of ether oxygens (including phenoxy) is 1. The van der Waals surface area contributed by atoms with E-state index in [0.29, 0.717) is 0 Å². The molecule has 2 rings (SSSR count). The van der Waals surface area contributed by atoms with Crippen LogP contribution in [-0.2, 0) is 6.42 Å². The predicted molar refractivity (Wildman–Crippen MR) is 70.0 cm³/mol. The van der Waals surface area contributed by atoms with Crippen LogP contribution in [0.4, 0.5) is 0 Å². The van der Waals surface area contributed by atoms with E-state index in [0.717, 1.165) is 17.7 Å². The van der Waals surface area contributed by atoms with Gasteiger partial charge in [0.2, 0.25) is 0 Å². The van der Waals surface area contributed by atoms with Crippen LogP contribution < -0.4 is 10.5 Å². The first-order valence-corrected chi connectivity index (χ1v) is 5.89. The summed E-state index contributed by atoms with van der Waals surface area (Å²) < 4.78 is 5.87. The van der Waals surface area contributed by atoms with Gasteiger partial charge in [-0.15, -0.1) is 0 Å². The van der Waals surface area contributed by atoms with Gasteiger partial charge < -0.3 is 10.5 Å². The molecule has 1 aliphatic heterocycles. The Balaban J connectivity index is 2.28. The fourth-order valence-corrected chi connectivity index (χ4v) is 1.90. The second-order valence-corrected chi connectivity index (χ2v) is 5.83. The van der Waals surface area contributed by atoms with Crippen molar-refractivity contribution in [1.82, 2.24) is 0 Å². The Kier molecular flexibility index (Phi) is 2.67. The fraction of sp³-hybridized carbons (Fsp3) is 0.467. The van der Waals surface area contributed by atoms with Crippen molar-refractivity contribution in [2.45, 2.75) is 45.3 Å². The van der Waals surface area contributed by atoms with Crippen LogP contribution in [0.5, 0.6) is 5.75 Å². The van der Waals surface area contributed by atoms with Gasteiger partial charge in [0.15, 0.2) is 0 Å². The Morgan fingerprint density at radius 1 is 1.35 bits per heavy atom. The van der Waals surface area contributed by atoms with Crippen LogP contribution in [0.2, 0.25) is 0 Å². The number of hydrogen-bond acceptors (Lipinski definition) is 2. The van der Waals surface area contributed by atoms with E-state index in [4.69, 9.17) is 10.5 Å². The Hall–Kier alpha value is -1.46. The predicted octanol–water partition coefficient (Wildman–Crippen LogP) is 2.49. The van der Waals surface area contributed by atoms with Gasteiger partial charge in [0.05, 0.1) is 5.54 Å². The molecule has 17 heavy (non-hydrogen) atoms. The van der Waals surface area contributed by atoms with Crippen LogP contribution in [0.3, 0.4) is 0 Å². The highest BCUT2D eigenvalue weighted by molar-refractivity contribution is 5.48. The molecule has 0 saturated heterocycles. The van der Waals surface area contributed by atoms with E-state index >= 15 is 0 Å². The Morgan fingerprint density at radius 2 is 2.06 bits per heavy atom. The van der Waals surface area contributed by atoms with E-state index in [-0.39, 0.29) is 5.60 Å². The lowest BCUT2D eigenvalue weighted by atomic mass is 10.0. The van der Waals surface area contributed by atoms with Crippen molar-refractivity contribution in [2.24, 2.45) is 5.73 Å². The molecule has 2 nitrogen and oxygen atoms in total. The molecule has 1 aliphatic rings. The molecule has 1 aromatic carbocycles. The molecule has 0 unspecified atom stereocenters. The lowest BCUT2D eigenvalue weighted by Crippen LogP contribution is -2.29. The SMILES string of the molecule is CC(C)(N)C#Cc1ccc2c(c1)OC(C)(C)C2. The molecule has 0 aliphatic carbocycles. The summed E-state index contributed by atoms with van der Waals surface area (Å²) in [6.07, 6.45) is 0.957. The molecule has 0 spiro atoms. The van der Waals surface area contributed by atoms with Crippen LogP contribution in [-0.4, -0.2) is 11.1 Å². The molecule has 0 bridgehead atoms. The third-order valence-electron chi connectivity index (χ3n) is 2.60. The Labute approximate surface area is 103 Å². The van der Waals surface area contributed by atoms with E-state index in [1.165, 1.54) is 5.56 Å². The zero-order valence-corrected chi connectivity index (χ0v) is 10.9. The maximum atomic E-state index is 5.87. The highest BCUT2D eigenvalue weighted by Crippen LogP contribution is 2.35. The van der Waals surface area contributed by atoms with Crippen LogP contribution in [0, 0.1) is 11.8 Å². The molecule has 2 N–H and O–H groups in total. The summed E-state index contributed by atoms with van der Waals surface area (Å²) in [6, 6.07) is 6.13. The second kappa shape index (κ2) is 3.78. The summed E-state index contributed by atoms with van der Waals surface area (Å²) in [7, 11) is 0. The third-order valence-corrected chi connectivity index (χ3v) is 2.60. The maximum Gasteiger partial charge on any atom is 0.124 e. The zero-order chi connectivity index (χ0) is 12.7. The van der Waals surface area contributed by atoms with Gasteiger partial charge in [0, 0.05) is 12.0 Å². The molecule has 0 aromatic heterocycles. The smallest absolute Gasteiger partial charge is 0.124 e. The average Bonchev–Trinajstić information content (AvgIpc) is 2.46. The Bertz CT molecular complexity index is 498. The molecule has 2 heteroatoms. The van der Waals surface area contributed by atoms with Gasteiger partial charge >= 0.3 is 0 Å². The minimum Gasteiger partial charge on any atom is -0.487 e. The molecule has 0 atom stereocenters. The quantitative estimate of drug-likeness (QED) is 0.694. The van der Waals surface area contributed by atoms with Gasteiger partial charge in [-0.2, -0.15) is 0 Å². The first-order chi connectivity index (χ1) is 7.75. The summed E-state index contributed by atoms with van der Waals surface area (Å²) in [5.74, 6) is 7.06. The standard InChI is InChI=1S/C15H19NO/c1-14(2,16)8-7-11-5-6-12-10-15(3,4)17-13(12)9-11/h5-6,9H,10,16H2,1-4H3. The van der Waals surface area contributed by atoms with Crippen molar-refractivity contribution < 1.29 is 4.74 Å². The molecule has 1 heterocycles. The normalized spacial score (nSPS) is 16.8. The summed E-state index contributed by atoms with van der Waals surface area (Å²) in [5, 5.41) is 0. The topological polar surface area (TPSA) is 35.2 Å². The molecule has 0 saturated carbocycles. The van der Waals surface area contributed by atoms with E-state index in [9.17, 15) is 0 Å². The minimum atomic E-state index is -0.459. The molecule has 0 amide bonds. The van der Waals surface area contributed by atoms with E-state index in [2.05, 4.69) is 31.8 Å². The van der Waals surface area contributed by atoms with Crippen molar-refractivity contribution in [3.63, 3.8) is 0 Å². The van der Waals surface area contributed by atoms with Gasteiger partial charge in [0.25, 0.3) is 0 Å².